The van der Waals surface area contributed by atoms with Crippen molar-refractivity contribution >= 4 is 28.5 Å². The normalized spacial score (nSPS) is 14.4. The number of ether oxygens (including phenoxy) is 1. The van der Waals surface area contributed by atoms with Gasteiger partial charge in [0, 0.05) is 44.2 Å². The van der Waals surface area contributed by atoms with E-state index in [1.165, 1.54) is 0 Å². The molecule has 0 unspecified atom stereocenters. The van der Waals surface area contributed by atoms with Gasteiger partial charge in [0.1, 0.15) is 11.3 Å². The highest BCUT2D eigenvalue weighted by Gasteiger charge is 2.19. The average Bonchev–Trinajstić information content (AvgIpc) is 3.13. The van der Waals surface area contributed by atoms with Crippen LogP contribution in [0.4, 0.5) is 5.69 Å². The molecular weight excluding hydrogens is 344 g/mol. The van der Waals surface area contributed by atoms with Crippen LogP contribution in [0.1, 0.15) is 17.5 Å². The fraction of sp³-hybridized carbons (Fsp3) is 0.238. The SMILES string of the molecule is CC(=O)N1CCN(c2ccc(OC(=O)c3cc4ccccc4o3)cc2)CC1. The Morgan fingerprint density at radius 1 is 0.963 bits per heavy atom. The number of benzene rings is 2. The van der Waals surface area contributed by atoms with Crippen LogP contribution in [-0.2, 0) is 4.79 Å². The molecule has 2 aromatic carbocycles. The maximum Gasteiger partial charge on any atom is 0.379 e. The molecule has 2 heterocycles. The molecule has 0 bridgehead atoms. The predicted molar refractivity (Wildman–Crippen MR) is 102 cm³/mol. The largest absolute Gasteiger partial charge is 0.449 e. The summed E-state index contributed by atoms with van der Waals surface area (Å²) < 4.78 is 11.0. The minimum Gasteiger partial charge on any atom is -0.449 e. The van der Waals surface area contributed by atoms with Gasteiger partial charge in [-0.05, 0) is 36.4 Å². The molecule has 3 aromatic rings. The molecule has 138 valence electrons. The molecule has 0 radical (unpaired) electrons. The number of hydrogen-bond acceptors (Lipinski definition) is 5. The summed E-state index contributed by atoms with van der Waals surface area (Å²) in [5.41, 5.74) is 1.70. The molecule has 6 nitrogen and oxygen atoms in total. The molecule has 4 rings (SSSR count). The summed E-state index contributed by atoms with van der Waals surface area (Å²) in [5, 5.41) is 0.865. The predicted octanol–water partition coefficient (Wildman–Crippen LogP) is 3.32. The Labute approximate surface area is 156 Å². The zero-order valence-corrected chi connectivity index (χ0v) is 15.1. The highest BCUT2D eigenvalue weighted by molar-refractivity contribution is 5.93. The summed E-state index contributed by atoms with van der Waals surface area (Å²) in [6.45, 7) is 4.62. The molecule has 1 saturated heterocycles. The number of fused-ring (bicyclic) bond motifs is 1. The number of rotatable bonds is 3. The molecule has 1 aliphatic rings. The van der Waals surface area contributed by atoms with Crippen LogP contribution >= 0.6 is 0 Å². The lowest BCUT2D eigenvalue weighted by atomic mass is 10.2. The van der Waals surface area contributed by atoms with Gasteiger partial charge in [0.05, 0.1) is 0 Å². The van der Waals surface area contributed by atoms with E-state index < -0.39 is 5.97 Å². The van der Waals surface area contributed by atoms with Crippen LogP contribution < -0.4 is 9.64 Å². The van der Waals surface area contributed by atoms with Crippen molar-refractivity contribution in [3.63, 3.8) is 0 Å². The fourth-order valence-corrected chi connectivity index (χ4v) is 3.24. The Bertz CT molecular complexity index is 936. The van der Waals surface area contributed by atoms with Crippen molar-refractivity contribution < 1.29 is 18.7 Å². The van der Waals surface area contributed by atoms with E-state index in [9.17, 15) is 9.59 Å². The van der Waals surface area contributed by atoms with Gasteiger partial charge >= 0.3 is 5.97 Å². The Morgan fingerprint density at radius 2 is 1.67 bits per heavy atom. The molecule has 6 heteroatoms. The van der Waals surface area contributed by atoms with E-state index in [0.29, 0.717) is 11.3 Å². The van der Waals surface area contributed by atoms with E-state index in [4.69, 9.17) is 9.15 Å². The maximum absolute atomic E-state index is 12.3. The van der Waals surface area contributed by atoms with Gasteiger partial charge in [-0.1, -0.05) is 18.2 Å². The van der Waals surface area contributed by atoms with Gasteiger partial charge in [0.25, 0.3) is 0 Å². The third kappa shape index (κ3) is 3.65. The Balaban J connectivity index is 1.40. The lowest BCUT2D eigenvalue weighted by molar-refractivity contribution is -0.129. The molecule has 0 N–H and O–H groups in total. The summed E-state index contributed by atoms with van der Waals surface area (Å²) in [6, 6.07) is 16.5. The molecule has 1 aromatic heterocycles. The standard InChI is InChI=1S/C21H20N2O4/c1-15(24)22-10-12-23(13-11-22)17-6-8-18(9-7-17)26-21(25)20-14-16-4-2-3-5-19(16)27-20/h2-9,14H,10-13H2,1H3. The first-order valence-corrected chi connectivity index (χ1v) is 8.91. The van der Waals surface area contributed by atoms with Crippen molar-refractivity contribution in [3.8, 4) is 5.75 Å². The van der Waals surface area contributed by atoms with Crippen LogP contribution in [0.25, 0.3) is 11.0 Å². The first-order chi connectivity index (χ1) is 13.1. The zero-order valence-electron chi connectivity index (χ0n) is 15.1. The second kappa shape index (κ2) is 7.15. The van der Waals surface area contributed by atoms with Crippen LogP contribution in [0.3, 0.4) is 0 Å². The zero-order chi connectivity index (χ0) is 18.8. The summed E-state index contributed by atoms with van der Waals surface area (Å²) in [5.74, 6) is 0.240. The van der Waals surface area contributed by atoms with Gasteiger partial charge in [0.2, 0.25) is 11.7 Å². The van der Waals surface area contributed by atoms with Crippen molar-refractivity contribution in [1.82, 2.24) is 4.90 Å². The van der Waals surface area contributed by atoms with E-state index in [0.717, 1.165) is 37.3 Å². The molecule has 0 atom stereocenters. The number of esters is 1. The van der Waals surface area contributed by atoms with Gasteiger partial charge in [-0.3, -0.25) is 4.79 Å². The Kier molecular flexibility index (Phi) is 4.54. The number of anilines is 1. The molecular formula is C21H20N2O4. The molecule has 27 heavy (non-hydrogen) atoms. The summed E-state index contributed by atoms with van der Waals surface area (Å²) in [4.78, 5) is 27.8. The van der Waals surface area contributed by atoms with Crippen LogP contribution in [0.5, 0.6) is 5.75 Å². The minimum absolute atomic E-state index is 0.113. The van der Waals surface area contributed by atoms with E-state index in [2.05, 4.69) is 4.90 Å². The number of piperazine rings is 1. The Morgan fingerprint density at radius 3 is 2.33 bits per heavy atom. The van der Waals surface area contributed by atoms with Crippen molar-refractivity contribution in [1.29, 1.82) is 0 Å². The molecule has 0 aliphatic carbocycles. The monoisotopic (exact) mass is 364 g/mol. The van der Waals surface area contributed by atoms with Gasteiger partial charge in [-0.2, -0.15) is 0 Å². The van der Waals surface area contributed by atoms with Crippen LogP contribution in [-0.4, -0.2) is 43.0 Å². The van der Waals surface area contributed by atoms with Gasteiger partial charge in [-0.25, -0.2) is 4.79 Å². The van der Waals surface area contributed by atoms with Gasteiger partial charge < -0.3 is 19.0 Å². The maximum atomic E-state index is 12.3. The lowest BCUT2D eigenvalue weighted by Crippen LogP contribution is -2.48. The van der Waals surface area contributed by atoms with E-state index in [1.54, 1.807) is 25.1 Å². The summed E-state index contributed by atoms with van der Waals surface area (Å²) in [6.07, 6.45) is 0. The van der Waals surface area contributed by atoms with Crippen molar-refractivity contribution in [2.24, 2.45) is 0 Å². The first kappa shape index (κ1) is 17.1. The van der Waals surface area contributed by atoms with Crippen LogP contribution in [0, 0.1) is 0 Å². The number of hydrogen-bond donors (Lipinski definition) is 0. The molecule has 1 amide bonds. The number of furan rings is 1. The molecule has 0 spiro atoms. The summed E-state index contributed by atoms with van der Waals surface area (Å²) >= 11 is 0. The second-order valence-corrected chi connectivity index (χ2v) is 6.53. The van der Waals surface area contributed by atoms with Crippen molar-refractivity contribution in [3.05, 3.63) is 60.4 Å². The molecule has 1 fully saturated rings. The lowest BCUT2D eigenvalue weighted by Gasteiger charge is -2.35. The summed E-state index contributed by atoms with van der Waals surface area (Å²) in [7, 11) is 0. The number of carbonyl (C=O) groups is 2. The molecule has 0 saturated carbocycles. The van der Waals surface area contributed by atoms with E-state index in [1.807, 2.05) is 41.3 Å². The Hall–Kier alpha value is -3.28. The average molecular weight is 364 g/mol. The number of para-hydroxylation sites is 1. The number of nitrogens with zero attached hydrogens (tertiary/aromatic N) is 2. The van der Waals surface area contributed by atoms with Crippen LogP contribution in [0.15, 0.2) is 59.0 Å². The quantitative estimate of drug-likeness (QED) is 0.527. The smallest absolute Gasteiger partial charge is 0.379 e. The van der Waals surface area contributed by atoms with Gasteiger partial charge in [0.15, 0.2) is 0 Å². The van der Waals surface area contributed by atoms with E-state index in [-0.39, 0.29) is 11.7 Å². The number of carbonyl (C=O) groups excluding carboxylic acids is 2. The highest BCUT2D eigenvalue weighted by atomic mass is 16.5. The molecule has 1 aliphatic heterocycles. The minimum atomic E-state index is -0.519. The highest BCUT2D eigenvalue weighted by Crippen LogP contribution is 2.23. The van der Waals surface area contributed by atoms with Gasteiger partial charge in [-0.15, -0.1) is 0 Å². The van der Waals surface area contributed by atoms with Crippen LogP contribution in [0.2, 0.25) is 0 Å². The first-order valence-electron chi connectivity index (χ1n) is 8.91. The van der Waals surface area contributed by atoms with Crippen molar-refractivity contribution in [2.75, 3.05) is 31.1 Å². The number of amides is 1. The van der Waals surface area contributed by atoms with Crippen molar-refractivity contribution in [2.45, 2.75) is 6.92 Å². The topological polar surface area (TPSA) is 63.0 Å². The van der Waals surface area contributed by atoms with E-state index >= 15 is 0 Å². The fourth-order valence-electron chi connectivity index (χ4n) is 3.24. The third-order valence-corrected chi connectivity index (χ3v) is 4.76. The third-order valence-electron chi connectivity index (χ3n) is 4.76. The second-order valence-electron chi connectivity index (χ2n) is 6.53.